The minimum Gasteiger partial charge on any atom is -0.480 e. The molecule has 0 aromatic rings. The van der Waals surface area contributed by atoms with Gasteiger partial charge in [-0.3, -0.25) is 4.79 Å². The van der Waals surface area contributed by atoms with Gasteiger partial charge in [0.2, 0.25) is 0 Å². The molecule has 5 heteroatoms. The van der Waals surface area contributed by atoms with E-state index in [-0.39, 0.29) is 5.37 Å². The van der Waals surface area contributed by atoms with Crippen LogP contribution in [0.5, 0.6) is 0 Å². The van der Waals surface area contributed by atoms with Crippen LogP contribution in [0.15, 0.2) is 0 Å². The highest BCUT2D eigenvalue weighted by Gasteiger charge is 2.28. The second-order valence-electron chi connectivity index (χ2n) is 2.98. The summed E-state index contributed by atoms with van der Waals surface area (Å²) in [5.41, 5.74) is 9.91. The molecule has 0 heterocycles. The van der Waals surface area contributed by atoms with E-state index < -0.39 is 11.5 Å². The zero-order valence-corrected chi connectivity index (χ0v) is 8.23. The molecule has 0 amide bonds. The van der Waals surface area contributed by atoms with Crippen molar-refractivity contribution in [3.05, 3.63) is 0 Å². The summed E-state index contributed by atoms with van der Waals surface area (Å²) in [7, 11) is 0. The molecule has 4 nitrogen and oxygen atoms in total. The average molecular weight is 192 g/mol. The minimum atomic E-state index is -1.17. The number of thioether (sulfide) groups is 1. The van der Waals surface area contributed by atoms with Crippen molar-refractivity contribution in [3.8, 4) is 0 Å². The van der Waals surface area contributed by atoms with E-state index in [4.69, 9.17) is 16.6 Å². The van der Waals surface area contributed by atoms with Crippen LogP contribution in [-0.2, 0) is 4.79 Å². The van der Waals surface area contributed by atoms with Crippen molar-refractivity contribution in [2.24, 2.45) is 11.5 Å². The molecule has 0 unspecified atom stereocenters. The summed E-state index contributed by atoms with van der Waals surface area (Å²) in [6, 6.07) is 0. The highest BCUT2D eigenvalue weighted by molar-refractivity contribution is 7.99. The third-order valence-corrected chi connectivity index (χ3v) is 3.02. The van der Waals surface area contributed by atoms with Gasteiger partial charge in [-0.25, -0.2) is 0 Å². The molecule has 2 atom stereocenters. The van der Waals surface area contributed by atoms with Gasteiger partial charge in [0.15, 0.2) is 0 Å². The number of carboxylic acids is 1. The van der Waals surface area contributed by atoms with Crippen LogP contribution in [0.1, 0.15) is 20.3 Å². The Labute approximate surface area is 76.7 Å². The van der Waals surface area contributed by atoms with Gasteiger partial charge < -0.3 is 16.6 Å². The molecule has 0 aromatic carbocycles. The van der Waals surface area contributed by atoms with Crippen molar-refractivity contribution in [2.75, 3.05) is 5.75 Å². The van der Waals surface area contributed by atoms with E-state index in [1.807, 2.05) is 6.92 Å². The van der Waals surface area contributed by atoms with E-state index in [2.05, 4.69) is 0 Å². The predicted molar refractivity (Wildman–Crippen MR) is 51.0 cm³/mol. The topological polar surface area (TPSA) is 89.3 Å². The molecule has 0 aromatic heterocycles. The fourth-order valence-corrected chi connectivity index (χ4v) is 1.38. The maximum absolute atomic E-state index is 10.5. The highest BCUT2D eigenvalue weighted by Crippen LogP contribution is 2.15. The first-order valence-corrected chi connectivity index (χ1v) is 4.84. The van der Waals surface area contributed by atoms with Crippen molar-refractivity contribution in [2.45, 2.75) is 31.2 Å². The first kappa shape index (κ1) is 11.7. The van der Waals surface area contributed by atoms with Gasteiger partial charge in [-0.2, -0.15) is 0 Å². The molecule has 0 radical (unpaired) electrons. The van der Waals surface area contributed by atoms with Crippen LogP contribution in [0.25, 0.3) is 0 Å². The number of hydrogen-bond acceptors (Lipinski definition) is 4. The Balaban J connectivity index is 3.83. The minimum absolute atomic E-state index is 0.0211. The normalized spacial score (nSPS) is 18.3. The predicted octanol–water partition coefficient (Wildman–Crippen LogP) is 0.216. The van der Waals surface area contributed by atoms with Gasteiger partial charge in [0.1, 0.15) is 5.54 Å². The Morgan fingerprint density at radius 1 is 1.75 bits per heavy atom. The molecular weight excluding hydrogens is 176 g/mol. The lowest BCUT2D eigenvalue weighted by Crippen LogP contribution is -2.47. The second-order valence-corrected chi connectivity index (χ2v) is 4.21. The lowest BCUT2D eigenvalue weighted by atomic mass is 10.1. The van der Waals surface area contributed by atoms with Crippen LogP contribution >= 0.6 is 11.8 Å². The van der Waals surface area contributed by atoms with Gasteiger partial charge in [0.25, 0.3) is 0 Å². The third-order valence-electron chi connectivity index (χ3n) is 1.49. The van der Waals surface area contributed by atoms with Gasteiger partial charge in [0.05, 0.1) is 5.37 Å². The number of hydrogen-bond donors (Lipinski definition) is 3. The lowest BCUT2D eigenvalue weighted by Gasteiger charge is -2.20. The number of aliphatic carboxylic acids is 1. The molecule has 0 bridgehead atoms. The van der Waals surface area contributed by atoms with E-state index in [0.29, 0.717) is 5.75 Å². The van der Waals surface area contributed by atoms with E-state index in [1.54, 1.807) is 0 Å². The van der Waals surface area contributed by atoms with Crippen LogP contribution < -0.4 is 11.5 Å². The fourth-order valence-electron chi connectivity index (χ4n) is 0.460. The molecule has 0 rings (SSSR count). The largest absolute Gasteiger partial charge is 0.480 e. The second kappa shape index (κ2) is 4.69. The monoisotopic (exact) mass is 192 g/mol. The number of nitrogens with two attached hydrogens (primary N) is 2. The molecule has 0 aliphatic heterocycles. The third kappa shape index (κ3) is 3.94. The summed E-state index contributed by atoms with van der Waals surface area (Å²) < 4.78 is 0. The fraction of sp³-hybridized carbons (Fsp3) is 0.857. The molecule has 12 heavy (non-hydrogen) atoms. The van der Waals surface area contributed by atoms with Crippen LogP contribution in [0.4, 0.5) is 0 Å². The maximum Gasteiger partial charge on any atom is 0.324 e. The number of carbonyl (C=O) groups is 1. The average Bonchev–Trinajstić information content (AvgIpc) is 2.00. The Morgan fingerprint density at radius 2 is 2.25 bits per heavy atom. The first-order chi connectivity index (χ1) is 5.40. The summed E-state index contributed by atoms with van der Waals surface area (Å²) in [4.78, 5) is 10.5. The summed E-state index contributed by atoms with van der Waals surface area (Å²) in [6.45, 7) is 3.44. The quantitative estimate of drug-likeness (QED) is 0.542. The maximum atomic E-state index is 10.5. The molecular formula is C7H16N2O2S. The zero-order valence-electron chi connectivity index (χ0n) is 7.41. The molecule has 0 spiro atoms. The van der Waals surface area contributed by atoms with E-state index in [1.165, 1.54) is 18.7 Å². The highest BCUT2D eigenvalue weighted by atomic mass is 32.2. The van der Waals surface area contributed by atoms with Crippen molar-refractivity contribution in [3.63, 3.8) is 0 Å². The molecule has 72 valence electrons. The van der Waals surface area contributed by atoms with Crippen LogP contribution in [0.3, 0.4) is 0 Å². The van der Waals surface area contributed by atoms with E-state index >= 15 is 0 Å². The summed E-state index contributed by atoms with van der Waals surface area (Å²) >= 11 is 1.38. The molecule has 0 saturated carbocycles. The molecule has 0 fully saturated rings. The van der Waals surface area contributed by atoms with E-state index in [0.717, 1.165) is 6.42 Å². The van der Waals surface area contributed by atoms with Crippen molar-refractivity contribution >= 4 is 17.7 Å². The first-order valence-electron chi connectivity index (χ1n) is 3.79. The van der Waals surface area contributed by atoms with Gasteiger partial charge in [-0.05, 0) is 13.3 Å². The number of carboxylic acid groups (broad SMARTS) is 1. The van der Waals surface area contributed by atoms with Crippen LogP contribution in [0.2, 0.25) is 0 Å². The smallest absolute Gasteiger partial charge is 0.324 e. The van der Waals surface area contributed by atoms with E-state index in [9.17, 15) is 4.79 Å². The van der Waals surface area contributed by atoms with Crippen molar-refractivity contribution in [1.82, 2.24) is 0 Å². The SMILES string of the molecule is CC[C@H](N)SC[C@](C)(N)C(=O)O. The van der Waals surface area contributed by atoms with Crippen LogP contribution in [-0.4, -0.2) is 27.7 Å². The summed E-state index contributed by atoms with van der Waals surface area (Å²) in [5, 5.41) is 8.63. The molecule has 0 aliphatic rings. The summed E-state index contributed by atoms with van der Waals surface area (Å²) in [5.74, 6) is -0.643. The zero-order chi connectivity index (χ0) is 9.78. The standard InChI is InChI=1S/C7H16N2O2S/c1-3-5(8)12-4-7(2,9)6(10)11/h5H,3-4,8-9H2,1-2H3,(H,10,11)/t5-,7+/m1/s1. The summed E-state index contributed by atoms with van der Waals surface area (Å²) in [6.07, 6.45) is 0.820. The molecule has 5 N–H and O–H groups in total. The Kier molecular flexibility index (Phi) is 4.59. The Hall–Kier alpha value is -0.260. The molecule has 0 saturated heterocycles. The molecule has 0 aliphatic carbocycles. The van der Waals surface area contributed by atoms with Gasteiger partial charge in [-0.1, -0.05) is 6.92 Å². The van der Waals surface area contributed by atoms with Gasteiger partial charge >= 0.3 is 5.97 Å². The van der Waals surface area contributed by atoms with Crippen LogP contribution in [0, 0.1) is 0 Å². The lowest BCUT2D eigenvalue weighted by molar-refractivity contribution is -0.141. The van der Waals surface area contributed by atoms with Crippen molar-refractivity contribution < 1.29 is 9.90 Å². The Morgan fingerprint density at radius 3 is 2.58 bits per heavy atom. The Bertz CT molecular complexity index is 161. The number of rotatable bonds is 5. The van der Waals surface area contributed by atoms with Gasteiger partial charge in [0, 0.05) is 5.75 Å². The van der Waals surface area contributed by atoms with Gasteiger partial charge in [-0.15, -0.1) is 11.8 Å². The van der Waals surface area contributed by atoms with Crippen molar-refractivity contribution in [1.29, 1.82) is 0 Å².